The number of amides is 2. The maximum absolute atomic E-state index is 13.4. The van der Waals surface area contributed by atoms with Crippen molar-refractivity contribution >= 4 is 27.4 Å². The second-order valence-corrected chi connectivity index (χ2v) is 11.6. The number of imidazole rings is 1. The van der Waals surface area contributed by atoms with Gasteiger partial charge in [0.25, 0.3) is 0 Å². The molecule has 11 heteroatoms. The van der Waals surface area contributed by atoms with Crippen LogP contribution >= 0.6 is 0 Å². The van der Waals surface area contributed by atoms with Crippen LogP contribution in [0.3, 0.4) is 0 Å². The maximum atomic E-state index is 13.4. The number of sulfonamides is 1. The van der Waals surface area contributed by atoms with Gasteiger partial charge in [-0.3, -0.25) is 9.38 Å². The molecule has 1 saturated heterocycles. The lowest BCUT2D eigenvalue weighted by Crippen LogP contribution is -2.51. The van der Waals surface area contributed by atoms with Gasteiger partial charge in [0.05, 0.1) is 23.3 Å². The summed E-state index contributed by atoms with van der Waals surface area (Å²) in [4.78, 5) is 27.2. The van der Waals surface area contributed by atoms with E-state index in [0.29, 0.717) is 37.5 Å². The number of urea groups is 1. The SMILES string of the molecule is Cc1ccc(-c2cnc3c(N4CCN(C(=O)N(C)C)CC4)cc(S(=O)(=O)NC4(C)CC4)cn23)nc1. The standard InChI is InChI=1S/C24H31N7O3S/c1-17-5-6-19(25-14-17)21-15-26-22-20(29-9-11-30(12-10-29)23(32)28(3)4)13-18(16-31(21)22)35(33,34)27-24(2)7-8-24/h5-6,13-16,27H,7-12H2,1-4H3. The normalized spacial score (nSPS) is 17.6. The van der Waals surface area contributed by atoms with Crippen molar-refractivity contribution in [3.05, 3.63) is 42.4 Å². The largest absolute Gasteiger partial charge is 0.365 e. The molecule has 10 nitrogen and oxygen atoms in total. The Labute approximate surface area is 205 Å². The van der Waals surface area contributed by atoms with Crippen molar-refractivity contribution in [2.75, 3.05) is 45.2 Å². The second-order valence-electron chi connectivity index (χ2n) is 9.94. The number of hydrogen-bond donors (Lipinski definition) is 1. The van der Waals surface area contributed by atoms with Gasteiger partial charge in [0.2, 0.25) is 10.0 Å². The monoisotopic (exact) mass is 497 g/mol. The van der Waals surface area contributed by atoms with E-state index in [1.165, 1.54) is 0 Å². The van der Waals surface area contributed by atoms with E-state index in [1.54, 1.807) is 48.6 Å². The number of piperazine rings is 1. The van der Waals surface area contributed by atoms with Crippen LogP contribution in [-0.4, -0.2) is 84.4 Å². The second kappa shape index (κ2) is 8.49. The fourth-order valence-corrected chi connectivity index (χ4v) is 5.81. The fourth-order valence-electron chi connectivity index (χ4n) is 4.33. The summed E-state index contributed by atoms with van der Waals surface area (Å²) >= 11 is 0. The van der Waals surface area contributed by atoms with Gasteiger partial charge in [0.1, 0.15) is 4.90 Å². The van der Waals surface area contributed by atoms with Gasteiger partial charge in [-0.2, -0.15) is 0 Å². The first-order valence-electron chi connectivity index (χ1n) is 11.8. The number of nitrogens with one attached hydrogen (secondary N) is 1. The molecule has 0 spiro atoms. The Morgan fingerprint density at radius 2 is 1.80 bits per heavy atom. The predicted octanol–water partition coefficient (Wildman–Crippen LogP) is 2.34. The van der Waals surface area contributed by atoms with Crippen LogP contribution in [0.25, 0.3) is 17.0 Å². The summed E-state index contributed by atoms with van der Waals surface area (Å²) in [6, 6.07) is 5.56. The van der Waals surface area contributed by atoms with Gasteiger partial charge in [-0.15, -0.1) is 0 Å². The van der Waals surface area contributed by atoms with E-state index in [2.05, 4.69) is 19.6 Å². The molecule has 1 aliphatic heterocycles. The van der Waals surface area contributed by atoms with Crippen molar-refractivity contribution in [3.8, 4) is 11.4 Å². The van der Waals surface area contributed by atoms with Gasteiger partial charge in [-0.1, -0.05) is 6.07 Å². The van der Waals surface area contributed by atoms with Crippen LogP contribution in [0.1, 0.15) is 25.3 Å². The zero-order valence-corrected chi connectivity index (χ0v) is 21.3. The van der Waals surface area contributed by atoms with Gasteiger partial charge < -0.3 is 14.7 Å². The third-order valence-electron chi connectivity index (χ3n) is 6.70. The molecule has 186 valence electrons. The molecule has 1 aliphatic carbocycles. The van der Waals surface area contributed by atoms with Crippen molar-refractivity contribution in [3.63, 3.8) is 0 Å². The van der Waals surface area contributed by atoms with Crippen LogP contribution in [0.15, 0.2) is 41.7 Å². The molecule has 2 aliphatic rings. The van der Waals surface area contributed by atoms with E-state index in [4.69, 9.17) is 0 Å². The number of hydrogen-bond acceptors (Lipinski definition) is 6. The molecule has 4 heterocycles. The summed E-state index contributed by atoms with van der Waals surface area (Å²) in [5.41, 5.74) is 3.47. The summed E-state index contributed by atoms with van der Waals surface area (Å²) in [5.74, 6) is 0. The van der Waals surface area contributed by atoms with Gasteiger partial charge in [0.15, 0.2) is 5.65 Å². The summed E-state index contributed by atoms with van der Waals surface area (Å²) < 4.78 is 31.4. The minimum Gasteiger partial charge on any atom is -0.365 e. The number of fused-ring (bicyclic) bond motifs is 1. The number of carbonyl (C=O) groups is 1. The number of rotatable bonds is 5. The molecule has 0 atom stereocenters. The lowest BCUT2D eigenvalue weighted by Gasteiger charge is -2.37. The zero-order chi connectivity index (χ0) is 25.0. The first kappa shape index (κ1) is 23.6. The number of nitrogens with zero attached hydrogens (tertiary/aromatic N) is 6. The molecule has 0 radical (unpaired) electrons. The van der Waals surface area contributed by atoms with Gasteiger partial charge in [-0.05, 0) is 44.4 Å². The Hall–Kier alpha value is -3.18. The van der Waals surface area contributed by atoms with Gasteiger partial charge >= 0.3 is 6.03 Å². The van der Waals surface area contributed by atoms with Crippen LogP contribution in [0.5, 0.6) is 0 Å². The molecule has 0 bridgehead atoms. The summed E-state index contributed by atoms with van der Waals surface area (Å²) in [6.45, 7) is 6.14. The maximum Gasteiger partial charge on any atom is 0.319 e. The fraction of sp³-hybridized carbons (Fsp3) is 0.458. The molecule has 3 aromatic heterocycles. The number of anilines is 1. The van der Waals surface area contributed by atoms with Crippen LogP contribution in [0, 0.1) is 6.92 Å². The third-order valence-corrected chi connectivity index (χ3v) is 8.30. The Morgan fingerprint density at radius 3 is 2.40 bits per heavy atom. The highest BCUT2D eigenvalue weighted by Crippen LogP contribution is 2.37. The third kappa shape index (κ3) is 4.57. The highest BCUT2D eigenvalue weighted by atomic mass is 32.2. The van der Waals surface area contributed by atoms with Crippen molar-refractivity contribution in [1.29, 1.82) is 0 Å². The molecular weight excluding hydrogens is 466 g/mol. The Kier molecular flexibility index (Phi) is 5.71. The highest BCUT2D eigenvalue weighted by molar-refractivity contribution is 7.89. The van der Waals surface area contributed by atoms with Gasteiger partial charge in [0, 0.05) is 58.2 Å². The minimum absolute atomic E-state index is 0.0263. The minimum atomic E-state index is -3.74. The van der Waals surface area contributed by atoms with Crippen LogP contribution in [0.4, 0.5) is 10.5 Å². The quantitative estimate of drug-likeness (QED) is 0.580. The predicted molar refractivity (Wildman–Crippen MR) is 134 cm³/mol. The summed E-state index contributed by atoms with van der Waals surface area (Å²) in [6.07, 6.45) is 6.79. The molecule has 3 aromatic rings. The molecule has 2 fully saturated rings. The number of pyridine rings is 2. The Morgan fingerprint density at radius 1 is 1.09 bits per heavy atom. The smallest absolute Gasteiger partial charge is 0.319 e. The van der Waals surface area contributed by atoms with E-state index in [1.807, 2.05) is 30.4 Å². The zero-order valence-electron chi connectivity index (χ0n) is 20.5. The Balaban J connectivity index is 1.57. The van der Waals surface area contributed by atoms with E-state index in [0.717, 1.165) is 29.8 Å². The molecule has 2 amide bonds. The number of aromatic nitrogens is 3. The average Bonchev–Trinajstić information content (AvgIpc) is 3.38. The molecule has 0 aromatic carbocycles. The number of carbonyl (C=O) groups excluding carboxylic acids is 1. The summed E-state index contributed by atoms with van der Waals surface area (Å²) in [5, 5.41) is 0. The Bertz CT molecular complexity index is 1370. The molecular formula is C24H31N7O3S. The lowest BCUT2D eigenvalue weighted by atomic mass is 10.2. The average molecular weight is 498 g/mol. The first-order chi connectivity index (χ1) is 16.6. The van der Waals surface area contributed by atoms with E-state index in [9.17, 15) is 13.2 Å². The molecule has 1 N–H and O–H groups in total. The van der Waals surface area contributed by atoms with E-state index >= 15 is 0 Å². The van der Waals surface area contributed by atoms with Crippen molar-refractivity contribution < 1.29 is 13.2 Å². The van der Waals surface area contributed by atoms with Crippen molar-refractivity contribution in [2.24, 2.45) is 0 Å². The van der Waals surface area contributed by atoms with Crippen LogP contribution in [0.2, 0.25) is 0 Å². The molecule has 0 unspecified atom stereocenters. The first-order valence-corrected chi connectivity index (χ1v) is 13.2. The van der Waals surface area contributed by atoms with Crippen LogP contribution in [-0.2, 0) is 10.0 Å². The van der Waals surface area contributed by atoms with Crippen molar-refractivity contribution in [1.82, 2.24) is 28.9 Å². The number of aryl methyl sites for hydroxylation is 1. The topological polar surface area (TPSA) is 103 Å². The molecule has 1 saturated carbocycles. The van der Waals surface area contributed by atoms with E-state index < -0.39 is 10.0 Å². The van der Waals surface area contributed by atoms with Crippen LogP contribution < -0.4 is 9.62 Å². The molecule has 5 rings (SSSR count). The molecule has 35 heavy (non-hydrogen) atoms. The highest BCUT2D eigenvalue weighted by Gasteiger charge is 2.41. The lowest BCUT2D eigenvalue weighted by molar-refractivity contribution is 0.168. The van der Waals surface area contributed by atoms with Crippen molar-refractivity contribution in [2.45, 2.75) is 37.1 Å². The van der Waals surface area contributed by atoms with E-state index in [-0.39, 0.29) is 16.5 Å². The van der Waals surface area contributed by atoms with Gasteiger partial charge in [-0.25, -0.2) is 22.9 Å². The summed E-state index contributed by atoms with van der Waals surface area (Å²) in [7, 11) is -0.262.